The Morgan fingerprint density at radius 3 is 2.38 bits per heavy atom. The molecule has 15 heteroatoms. The summed E-state index contributed by atoms with van der Waals surface area (Å²) in [6, 6.07) is 3.58. The first-order valence-corrected chi connectivity index (χ1v) is 13.3. The molecule has 0 aliphatic carbocycles. The van der Waals surface area contributed by atoms with Crippen molar-refractivity contribution >= 4 is 22.1 Å². The zero-order valence-electron chi connectivity index (χ0n) is 21.1. The van der Waals surface area contributed by atoms with Gasteiger partial charge < -0.3 is 10.3 Å². The SMILES string of the molecule is CN=C[C@@H]1C[C@@H](C(=O)NCc2cc(-c3cnc(C(F)(F)F)nc3)ncc2F)N(S(=O)(=O)c2ccc(F)cc2)[C@H]1C. The highest BCUT2D eigenvalue weighted by Crippen LogP contribution is 2.35. The van der Waals surface area contributed by atoms with Gasteiger partial charge in [-0.1, -0.05) is 0 Å². The van der Waals surface area contributed by atoms with Crippen molar-refractivity contribution in [3.8, 4) is 11.3 Å². The summed E-state index contributed by atoms with van der Waals surface area (Å²) < 4.78 is 94.2. The molecule has 1 N–H and O–H groups in total. The van der Waals surface area contributed by atoms with Gasteiger partial charge in [-0.2, -0.15) is 17.5 Å². The van der Waals surface area contributed by atoms with Crippen LogP contribution in [0.2, 0.25) is 0 Å². The zero-order chi connectivity index (χ0) is 29.2. The first-order chi connectivity index (χ1) is 18.8. The number of sulfonamides is 1. The molecule has 2 aromatic heterocycles. The highest BCUT2D eigenvalue weighted by atomic mass is 32.2. The van der Waals surface area contributed by atoms with Gasteiger partial charge in [-0.3, -0.25) is 9.78 Å². The Bertz CT molecular complexity index is 1520. The van der Waals surface area contributed by atoms with Gasteiger partial charge >= 0.3 is 6.18 Å². The monoisotopic (exact) mass is 582 g/mol. The van der Waals surface area contributed by atoms with Gasteiger partial charge in [0.05, 0.1) is 16.8 Å². The third-order valence-corrected chi connectivity index (χ3v) is 8.45. The van der Waals surface area contributed by atoms with E-state index in [0.717, 1.165) is 47.2 Å². The van der Waals surface area contributed by atoms with Crippen molar-refractivity contribution in [2.75, 3.05) is 7.05 Å². The molecule has 1 aliphatic rings. The first kappa shape index (κ1) is 29.1. The molecule has 0 radical (unpaired) electrons. The van der Waals surface area contributed by atoms with Gasteiger partial charge in [0.1, 0.15) is 17.7 Å². The molecule has 0 unspecified atom stereocenters. The number of carbonyl (C=O) groups is 1. The number of benzene rings is 1. The van der Waals surface area contributed by atoms with Gasteiger partial charge in [-0.15, -0.1) is 0 Å². The molecule has 0 spiro atoms. The maximum absolute atomic E-state index is 14.5. The summed E-state index contributed by atoms with van der Waals surface area (Å²) in [5.41, 5.74) is 0.0981. The Morgan fingerprint density at radius 2 is 1.77 bits per heavy atom. The quantitative estimate of drug-likeness (QED) is 0.336. The van der Waals surface area contributed by atoms with E-state index >= 15 is 0 Å². The summed E-state index contributed by atoms with van der Waals surface area (Å²) in [7, 11) is -2.71. The van der Waals surface area contributed by atoms with E-state index in [1.54, 1.807) is 13.1 Å². The van der Waals surface area contributed by atoms with Crippen LogP contribution in [0.3, 0.4) is 0 Å². The highest BCUT2D eigenvalue weighted by Gasteiger charge is 2.48. The number of alkyl halides is 3. The second-order valence-corrected chi connectivity index (χ2v) is 10.9. The second kappa shape index (κ2) is 11.3. The number of aliphatic imine (C=N–C) groups is 1. The summed E-state index contributed by atoms with van der Waals surface area (Å²) in [6.45, 7) is 1.26. The standard InChI is InChI=1S/C25H23F5N6O3S/c1-14-15(9-31-2)8-22(36(14)40(38,39)19-5-3-18(26)4-6-19)23(37)33-10-16-7-21(32-13-20(16)27)17-11-34-24(35-12-17)25(28,29)30/h3-7,9,11-15,22H,8,10H2,1-2H3,(H,33,37)/t14-,15-,22-/m0/s1. The van der Waals surface area contributed by atoms with Crippen LogP contribution < -0.4 is 5.32 Å². The van der Waals surface area contributed by atoms with Crippen LogP contribution in [0.25, 0.3) is 11.3 Å². The number of nitrogens with zero attached hydrogens (tertiary/aromatic N) is 5. The average Bonchev–Trinajstić information content (AvgIpc) is 3.24. The molecule has 3 aromatic rings. The molecule has 1 amide bonds. The highest BCUT2D eigenvalue weighted by molar-refractivity contribution is 7.89. The number of rotatable bonds is 7. The van der Waals surface area contributed by atoms with Crippen molar-refractivity contribution in [2.24, 2.45) is 10.9 Å². The van der Waals surface area contributed by atoms with E-state index in [4.69, 9.17) is 0 Å². The summed E-state index contributed by atoms with van der Waals surface area (Å²) in [6.07, 6.45) is -0.463. The molecule has 1 aliphatic heterocycles. The Labute approximate surface area is 226 Å². The molecule has 3 heterocycles. The minimum Gasteiger partial charge on any atom is -0.351 e. The van der Waals surface area contributed by atoms with E-state index in [2.05, 4.69) is 25.3 Å². The molecule has 1 fully saturated rings. The number of pyridine rings is 1. The fourth-order valence-corrected chi connectivity index (χ4v) is 6.26. The number of aromatic nitrogens is 3. The van der Waals surface area contributed by atoms with Gasteiger partial charge in [0.15, 0.2) is 0 Å². The smallest absolute Gasteiger partial charge is 0.351 e. The summed E-state index contributed by atoms with van der Waals surface area (Å²) >= 11 is 0. The van der Waals surface area contributed by atoms with Crippen molar-refractivity contribution in [2.45, 2.75) is 43.0 Å². The lowest BCUT2D eigenvalue weighted by molar-refractivity contribution is -0.145. The average molecular weight is 583 g/mol. The molecule has 4 rings (SSSR count). The van der Waals surface area contributed by atoms with Crippen molar-refractivity contribution in [1.82, 2.24) is 24.6 Å². The van der Waals surface area contributed by atoms with Crippen LogP contribution in [-0.4, -0.2) is 58.9 Å². The van der Waals surface area contributed by atoms with E-state index < -0.39 is 57.6 Å². The Hall–Kier alpha value is -3.85. The topological polar surface area (TPSA) is 118 Å². The Kier molecular flexibility index (Phi) is 8.25. The van der Waals surface area contributed by atoms with Crippen molar-refractivity contribution < 1.29 is 35.2 Å². The molecule has 1 aromatic carbocycles. The van der Waals surface area contributed by atoms with Crippen LogP contribution in [0.4, 0.5) is 22.0 Å². The number of carbonyl (C=O) groups excluding carboxylic acids is 1. The van der Waals surface area contributed by atoms with Crippen LogP contribution >= 0.6 is 0 Å². The van der Waals surface area contributed by atoms with Crippen LogP contribution in [0.5, 0.6) is 0 Å². The third kappa shape index (κ3) is 5.99. The van der Waals surface area contributed by atoms with E-state index in [9.17, 15) is 35.2 Å². The lowest BCUT2D eigenvalue weighted by Gasteiger charge is -2.27. The van der Waals surface area contributed by atoms with E-state index in [1.807, 2.05) is 0 Å². The van der Waals surface area contributed by atoms with Gasteiger partial charge in [0, 0.05) is 55.3 Å². The number of amides is 1. The Morgan fingerprint density at radius 1 is 1.12 bits per heavy atom. The van der Waals surface area contributed by atoms with E-state index in [1.165, 1.54) is 13.1 Å². The van der Waals surface area contributed by atoms with E-state index in [0.29, 0.717) is 0 Å². The summed E-state index contributed by atoms with van der Waals surface area (Å²) in [5, 5.41) is 2.54. The maximum atomic E-state index is 14.5. The van der Waals surface area contributed by atoms with Crippen LogP contribution in [-0.2, 0) is 27.5 Å². The predicted octanol–water partition coefficient (Wildman–Crippen LogP) is 3.62. The summed E-state index contributed by atoms with van der Waals surface area (Å²) in [5.74, 6) is -3.88. The summed E-state index contributed by atoms with van der Waals surface area (Å²) in [4.78, 5) is 27.4. The van der Waals surface area contributed by atoms with Crippen molar-refractivity contribution in [1.29, 1.82) is 0 Å². The molecule has 0 bridgehead atoms. The molecule has 0 saturated carbocycles. The van der Waals surface area contributed by atoms with E-state index in [-0.39, 0.29) is 34.7 Å². The van der Waals surface area contributed by atoms with Crippen LogP contribution in [0, 0.1) is 17.6 Å². The number of nitrogens with one attached hydrogen (secondary N) is 1. The third-order valence-electron chi connectivity index (χ3n) is 6.44. The van der Waals surface area contributed by atoms with Crippen molar-refractivity contribution in [3.63, 3.8) is 0 Å². The lowest BCUT2D eigenvalue weighted by Crippen LogP contribution is -2.48. The lowest BCUT2D eigenvalue weighted by atomic mass is 10.0. The number of hydrogen-bond acceptors (Lipinski definition) is 7. The molecular weight excluding hydrogens is 559 g/mol. The molecule has 40 heavy (non-hydrogen) atoms. The van der Waals surface area contributed by atoms with Crippen LogP contribution in [0.15, 0.2) is 58.8 Å². The van der Waals surface area contributed by atoms with Crippen LogP contribution in [0.1, 0.15) is 24.7 Å². The van der Waals surface area contributed by atoms with Gasteiger partial charge in [-0.05, 0) is 43.7 Å². The molecular formula is C25H23F5N6O3S. The minimum atomic E-state index is -4.73. The van der Waals surface area contributed by atoms with Gasteiger partial charge in [0.2, 0.25) is 21.8 Å². The largest absolute Gasteiger partial charge is 0.451 e. The Balaban J connectivity index is 1.56. The fraction of sp³-hybridized carbons (Fsp3) is 0.320. The van der Waals surface area contributed by atoms with Gasteiger partial charge in [0.25, 0.3) is 0 Å². The minimum absolute atomic E-state index is 0.0519. The zero-order valence-corrected chi connectivity index (χ0v) is 21.9. The molecule has 1 saturated heterocycles. The molecule has 9 nitrogen and oxygen atoms in total. The normalized spacial score (nSPS) is 20.2. The maximum Gasteiger partial charge on any atom is 0.451 e. The molecule has 3 atom stereocenters. The van der Waals surface area contributed by atoms with Gasteiger partial charge in [-0.25, -0.2) is 27.2 Å². The number of hydrogen-bond donors (Lipinski definition) is 1. The predicted molar refractivity (Wildman–Crippen MR) is 133 cm³/mol. The fourth-order valence-electron chi connectivity index (χ4n) is 4.43. The number of halogens is 5. The molecule has 212 valence electrons. The first-order valence-electron chi connectivity index (χ1n) is 11.9. The second-order valence-electron chi connectivity index (χ2n) is 9.02. The van der Waals surface area contributed by atoms with Crippen molar-refractivity contribution in [3.05, 3.63) is 71.9 Å².